The van der Waals surface area contributed by atoms with Gasteiger partial charge in [0.1, 0.15) is 17.6 Å². The number of oxazole rings is 1. The number of carboxylic acids is 1. The van der Waals surface area contributed by atoms with E-state index in [4.69, 9.17) is 9.15 Å². The molecule has 2 aromatic carbocycles. The number of aromatic nitrogens is 1. The average molecular weight is 517 g/mol. The second-order valence-corrected chi connectivity index (χ2v) is 9.35. The maximum atomic E-state index is 12.2. The minimum absolute atomic E-state index is 0.158. The molecule has 0 saturated heterocycles. The van der Waals surface area contributed by atoms with E-state index in [0.29, 0.717) is 35.9 Å². The fourth-order valence-corrected chi connectivity index (χ4v) is 4.43. The van der Waals surface area contributed by atoms with Crippen molar-refractivity contribution < 1.29 is 23.8 Å². The first-order valence-corrected chi connectivity index (χ1v) is 12.8. The summed E-state index contributed by atoms with van der Waals surface area (Å²) in [4.78, 5) is 28.6. The molecule has 4 aromatic rings. The summed E-state index contributed by atoms with van der Waals surface area (Å²) in [7, 11) is 0. The first-order chi connectivity index (χ1) is 17.9. The van der Waals surface area contributed by atoms with Gasteiger partial charge in [-0.3, -0.25) is 4.79 Å². The summed E-state index contributed by atoms with van der Waals surface area (Å²) < 4.78 is 11.7. The lowest BCUT2D eigenvalue weighted by Crippen LogP contribution is -2.37. The number of hydrogen-bond acceptors (Lipinski definition) is 7. The Balaban J connectivity index is 1.30. The van der Waals surface area contributed by atoms with Crippen LogP contribution in [-0.4, -0.2) is 34.5 Å². The molecule has 2 N–H and O–H groups in total. The van der Waals surface area contributed by atoms with Gasteiger partial charge in [-0.05, 0) is 55.1 Å². The Morgan fingerprint density at radius 2 is 1.89 bits per heavy atom. The summed E-state index contributed by atoms with van der Waals surface area (Å²) in [6.07, 6.45) is 2.28. The Labute approximate surface area is 219 Å². The molecule has 8 heteroatoms. The monoisotopic (exact) mass is 516 g/mol. The van der Waals surface area contributed by atoms with Gasteiger partial charge >= 0.3 is 5.97 Å². The molecule has 7 nitrogen and oxygen atoms in total. The lowest BCUT2D eigenvalue weighted by atomic mass is 10.1. The molecule has 0 unspecified atom stereocenters. The number of rotatable bonds is 12. The number of ether oxygens (including phenoxy) is 1. The molecule has 37 heavy (non-hydrogen) atoms. The molecule has 0 radical (unpaired) electrons. The quantitative estimate of drug-likeness (QED) is 0.184. The van der Waals surface area contributed by atoms with Gasteiger partial charge in [0, 0.05) is 41.1 Å². The number of nitrogens with one attached hydrogen (secondary N) is 1. The Kier molecular flexibility index (Phi) is 8.53. The zero-order valence-corrected chi connectivity index (χ0v) is 21.5. The third kappa shape index (κ3) is 7.17. The Morgan fingerprint density at radius 3 is 2.57 bits per heavy atom. The number of aryl methyl sites for hydroxylation is 1. The third-order valence-electron chi connectivity index (χ3n) is 5.74. The molecule has 4 rings (SSSR count). The van der Waals surface area contributed by atoms with Crippen LogP contribution < -0.4 is 10.1 Å². The number of carbonyl (C=O) groups is 2. The highest BCUT2D eigenvalue weighted by atomic mass is 32.1. The van der Waals surface area contributed by atoms with Gasteiger partial charge in [0.05, 0.1) is 12.3 Å². The predicted octanol–water partition coefficient (Wildman–Crippen LogP) is 5.71. The highest BCUT2D eigenvalue weighted by Gasteiger charge is 2.18. The van der Waals surface area contributed by atoms with Crippen molar-refractivity contribution in [3.63, 3.8) is 0 Å². The summed E-state index contributed by atoms with van der Waals surface area (Å²) in [6.45, 7) is 4.02. The number of aliphatic carboxylic acids is 1. The fourth-order valence-electron chi connectivity index (χ4n) is 3.79. The van der Waals surface area contributed by atoms with Gasteiger partial charge in [-0.1, -0.05) is 30.3 Å². The number of ketones is 1. The SMILES string of the molecule is C/C(=C\C(=O)c1ccsc1)N[C@@H](Cc1ccc(OCCc2nc(-c3ccccc3)oc2C)cc1)C(=O)O. The number of allylic oxidation sites excluding steroid dienone is 2. The molecule has 0 saturated carbocycles. The molecule has 2 aromatic heterocycles. The van der Waals surface area contributed by atoms with Gasteiger partial charge in [0.25, 0.3) is 0 Å². The van der Waals surface area contributed by atoms with Crippen molar-refractivity contribution >= 4 is 23.1 Å². The second kappa shape index (κ2) is 12.2. The second-order valence-electron chi connectivity index (χ2n) is 8.57. The van der Waals surface area contributed by atoms with Crippen LogP contribution in [0.15, 0.2) is 87.6 Å². The Morgan fingerprint density at radius 1 is 1.14 bits per heavy atom. The van der Waals surface area contributed by atoms with Crippen molar-refractivity contribution in [3.8, 4) is 17.2 Å². The smallest absolute Gasteiger partial charge is 0.326 e. The van der Waals surface area contributed by atoms with Crippen LogP contribution in [0.4, 0.5) is 0 Å². The van der Waals surface area contributed by atoms with Crippen LogP contribution in [0.25, 0.3) is 11.5 Å². The van der Waals surface area contributed by atoms with Crippen molar-refractivity contribution in [1.29, 1.82) is 0 Å². The molecule has 0 fully saturated rings. The van der Waals surface area contributed by atoms with Crippen molar-refractivity contribution in [2.24, 2.45) is 0 Å². The van der Waals surface area contributed by atoms with E-state index in [2.05, 4.69) is 10.3 Å². The zero-order chi connectivity index (χ0) is 26.2. The van der Waals surface area contributed by atoms with Crippen molar-refractivity contribution in [2.75, 3.05) is 6.61 Å². The van der Waals surface area contributed by atoms with Crippen molar-refractivity contribution in [1.82, 2.24) is 10.3 Å². The highest BCUT2D eigenvalue weighted by Crippen LogP contribution is 2.22. The molecule has 0 aliphatic heterocycles. The minimum Gasteiger partial charge on any atom is -0.493 e. The summed E-state index contributed by atoms with van der Waals surface area (Å²) >= 11 is 1.44. The normalized spacial score (nSPS) is 12.2. The van der Waals surface area contributed by atoms with Gasteiger partial charge in [0.2, 0.25) is 5.89 Å². The molecule has 0 amide bonds. The zero-order valence-electron chi connectivity index (χ0n) is 20.6. The van der Waals surface area contributed by atoms with E-state index < -0.39 is 12.0 Å². The van der Waals surface area contributed by atoms with E-state index in [0.717, 1.165) is 22.6 Å². The summed E-state index contributed by atoms with van der Waals surface area (Å²) in [5, 5.41) is 16.2. The maximum absolute atomic E-state index is 12.2. The molecular weight excluding hydrogens is 488 g/mol. The molecule has 0 aliphatic rings. The molecular formula is C29H28N2O5S. The van der Waals surface area contributed by atoms with Crippen LogP contribution in [0.5, 0.6) is 5.75 Å². The fraction of sp³-hybridized carbons (Fsp3) is 0.207. The summed E-state index contributed by atoms with van der Waals surface area (Å²) in [5.41, 5.74) is 3.71. The van der Waals surface area contributed by atoms with Gasteiger partial charge in [-0.25, -0.2) is 9.78 Å². The number of hydrogen-bond donors (Lipinski definition) is 2. The molecule has 2 heterocycles. The largest absolute Gasteiger partial charge is 0.493 e. The van der Waals surface area contributed by atoms with Crippen molar-refractivity contribution in [2.45, 2.75) is 32.7 Å². The van der Waals surface area contributed by atoms with Crippen LogP contribution >= 0.6 is 11.3 Å². The molecule has 0 aliphatic carbocycles. The summed E-state index contributed by atoms with van der Waals surface area (Å²) in [5.74, 6) is 0.902. The highest BCUT2D eigenvalue weighted by molar-refractivity contribution is 7.08. The van der Waals surface area contributed by atoms with E-state index in [1.54, 1.807) is 18.4 Å². The molecule has 0 bridgehead atoms. The molecule has 0 spiro atoms. The number of nitrogens with zero attached hydrogens (tertiary/aromatic N) is 1. The number of benzene rings is 2. The van der Waals surface area contributed by atoms with Crippen LogP contribution in [0, 0.1) is 6.92 Å². The Bertz CT molecular complexity index is 1360. The number of carboxylic acid groups (broad SMARTS) is 1. The van der Waals surface area contributed by atoms with Gasteiger partial charge in [-0.15, -0.1) is 0 Å². The standard InChI is InChI=1S/C29H28N2O5S/c1-19(16-27(32)23-13-15-37-18-23)30-26(29(33)34)17-21-8-10-24(11-9-21)35-14-12-25-20(2)36-28(31-25)22-6-4-3-5-7-22/h3-11,13,15-16,18,26,30H,12,14,17H2,1-2H3,(H,33,34)/b19-16+/t26-/m0/s1. The number of carbonyl (C=O) groups excluding carboxylic acids is 1. The first-order valence-electron chi connectivity index (χ1n) is 11.9. The lowest BCUT2D eigenvalue weighted by Gasteiger charge is -2.16. The lowest BCUT2D eigenvalue weighted by molar-refractivity contribution is -0.139. The van der Waals surface area contributed by atoms with Crippen molar-refractivity contribution in [3.05, 3.63) is 106 Å². The minimum atomic E-state index is -0.992. The predicted molar refractivity (Wildman–Crippen MR) is 143 cm³/mol. The average Bonchev–Trinajstić information content (AvgIpc) is 3.56. The molecule has 1 atom stereocenters. The maximum Gasteiger partial charge on any atom is 0.326 e. The van der Waals surface area contributed by atoms with Crippen LogP contribution in [0.3, 0.4) is 0 Å². The van der Waals surface area contributed by atoms with Crippen LogP contribution in [0.2, 0.25) is 0 Å². The van der Waals surface area contributed by atoms with E-state index >= 15 is 0 Å². The van der Waals surface area contributed by atoms with Crippen LogP contribution in [-0.2, 0) is 17.6 Å². The van der Waals surface area contributed by atoms with Gasteiger partial charge in [-0.2, -0.15) is 11.3 Å². The van der Waals surface area contributed by atoms with Gasteiger partial charge < -0.3 is 19.6 Å². The van der Waals surface area contributed by atoms with Crippen LogP contribution in [0.1, 0.15) is 34.3 Å². The third-order valence-corrected chi connectivity index (χ3v) is 6.42. The Hall–Kier alpha value is -4.17. The van der Waals surface area contributed by atoms with E-state index in [-0.39, 0.29) is 12.2 Å². The van der Waals surface area contributed by atoms with E-state index in [1.807, 2.05) is 66.9 Å². The van der Waals surface area contributed by atoms with E-state index in [1.165, 1.54) is 17.4 Å². The van der Waals surface area contributed by atoms with Gasteiger partial charge in [0.15, 0.2) is 5.78 Å². The van der Waals surface area contributed by atoms with E-state index in [9.17, 15) is 14.7 Å². The topological polar surface area (TPSA) is 102 Å². The molecule has 190 valence electrons. The first kappa shape index (κ1) is 25.9. The summed E-state index contributed by atoms with van der Waals surface area (Å²) in [6, 6.07) is 18.0. The number of thiophene rings is 1.